The molecule has 1 amide bonds. The van der Waals surface area contributed by atoms with Crippen LogP contribution in [0.25, 0.3) is 0 Å². The van der Waals surface area contributed by atoms with E-state index in [0.29, 0.717) is 16.9 Å². The predicted octanol–water partition coefficient (Wildman–Crippen LogP) is 9.77. The second-order valence-electron chi connectivity index (χ2n) is 13.4. The molecule has 2 heterocycles. The summed E-state index contributed by atoms with van der Waals surface area (Å²) in [6.07, 6.45) is 1.89. The normalized spacial score (nSPS) is 15.9. The Kier molecular flexibility index (Phi) is 9.09. The number of hydrogen-bond acceptors (Lipinski definition) is 4. The highest BCUT2D eigenvalue weighted by Crippen LogP contribution is 2.47. The van der Waals surface area contributed by atoms with E-state index in [0.717, 1.165) is 50.3 Å². The van der Waals surface area contributed by atoms with E-state index < -0.39 is 0 Å². The number of amides is 1. The van der Waals surface area contributed by atoms with Gasteiger partial charge in [0.15, 0.2) is 11.6 Å². The van der Waals surface area contributed by atoms with E-state index in [4.69, 9.17) is 10.1 Å². The number of fused-ring (bicyclic) bond motifs is 1. The first-order valence-electron chi connectivity index (χ1n) is 17.1. The largest absolute Gasteiger partial charge is 0.322 e. The molecule has 0 fully saturated rings. The number of Topliss-reactive ketones (excluding diaryl/α,β-unsaturated/α-hetero) is 1. The van der Waals surface area contributed by atoms with Crippen LogP contribution in [0.2, 0.25) is 0 Å². The maximum Gasteiger partial charge on any atom is 0.261 e. The van der Waals surface area contributed by atoms with Gasteiger partial charge < -0.3 is 5.32 Å². The van der Waals surface area contributed by atoms with Crippen molar-refractivity contribution in [3.63, 3.8) is 0 Å². The number of anilines is 1. The molecular weight excluding hydrogens is 617 g/mol. The van der Waals surface area contributed by atoms with E-state index in [1.165, 1.54) is 0 Å². The van der Waals surface area contributed by atoms with E-state index in [1.807, 2.05) is 79.2 Å². The Labute approximate surface area is 293 Å². The lowest BCUT2D eigenvalue weighted by atomic mass is 9.71. The fourth-order valence-corrected chi connectivity index (χ4v) is 7.06. The Bertz CT molecular complexity index is 2180. The minimum atomic E-state index is -0.365. The lowest BCUT2D eigenvalue weighted by Gasteiger charge is -2.39. The van der Waals surface area contributed by atoms with Crippen molar-refractivity contribution in [2.24, 2.45) is 10.9 Å². The van der Waals surface area contributed by atoms with E-state index in [1.54, 1.807) is 6.20 Å². The highest BCUT2D eigenvalue weighted by molar-refractivity contribution is 6.11. The second kappa shape index (κ2) is 13.9. The van der Waals surface area contributed by atoms with Gasteiger partial charge in [-0.05, 0) is 56.0 Å². The van der Waals surface area contributed by atoms with Gasteiger partial charge in [-0.3, -0.25) is 9.59 Å². The molecule has 0 saturated carbocycles. The lowest BCUT2D eigenvalue weighted by molar-refractivity contribution is 0.0964. The van der Waals surface area contributed by atoms with Gasteiger partial charge in [-0.25, -0.2) is 9.67 Å². The molecule has 50 heavy (non-hydrogen) atoms. The van der Waals surface area contributed by atoms with E-state index in [9.17, 15) is 9.59 Å². The molecule has 5 aromatic carbocycles. The smallest absolute Gasteiger partial charge is 0.261 e. The van der Waals surface area contributed by atoms with Crippen LogP contribution in [-0.2, 0) is 0 Å². The van der Waals surface area contributed by atoms with Gasteiger partial charge >= 0.3 is 0 Å². The van der Waals surface area contributed by atoms with Crippen LogP contribution >= 0.6 is 0 Å². The Morgan fingerprint density at radius 2 is 1.36 bits per heavy atom. The van der Waals surface area contributed by atoms with Crippen LogP contribution in [0.4, 0.5) is 11.5 Å². The number of nitrogens with one attached hydrogen (secondary N) is 1. The number of carbonyl (C=O) groups is 2. The summed E-state index contributed by atoms with van der Waals surface area (Å²) in [7, 11) is 0. The van der Waals surface area contributed by atoms with Crippen LogP contribution < -0.4 is 5.32 Å². The van der Waals surface area contributed by atoms with Crippen LogP contribution in [0.3, 0.4) is 0 Å². The number of aromatic nitrogens is 2. The van der Waals surface area contributed by atoms with Crippen molar-refractivity contribution in [2.75, 3.05) is 5.32 Å². The molecule has 7 rings (SSSR count). The minimum absolute atomic E-state index is 0.0611. The second-order valence-corrected chi connectivity index (χ2v) is 13.4. The van der Waals surface area contributed by atoms with Gasteiger partial charge in [0.2, 0.25) is 0 Å². The van der Waals surface area contributed by atoms with Crippen LogP contribution in [0.15, 0.2) is 139 Å². The molecule has 0 spiro atoms. The molecule has 1 aromatic heterocycles. The molecule has 1 N–H and O–H groups in total. The number of aryl methyl sites for hydroxylation is 4. The minimum Gasteiger partial charge on any atom is -0.322 e. The Balaban J connectivity index is 1.43. The Morgan fingerprint density at radius 3 is 2.02 bits per heavy atom. The molecule has 1 aliphatic rings. The van der Waals surface area contributed by atoms with Gasteiger partial charge in [0.1, 0.15) is 5.56 Å². The molecule has 0 aliphatic carbocycles. The first-order chi connectivity index (χ1) is 24.3. The summed E-state index contributed by atoms with van der Waals surface area (Å²) in [5.74, 6) is -0.294. The molecule has 248 valence electrons. The van der Waals surface area contributed by atoms with Crippen molar-refractivity contribution in [3.8, 4) is 0 Å². The van der Waals surface area contributed by atoms with Crippen LogP contribution in [0.5, 0.6) is 0 Å². The average molecular weight is 657 g/mol. The lowest BCUT2D eigenvalue weighted by Crippen LogP contribution is -2.37. The van der Waals surface area contributed by atoms with Gasteiger partial charge in [-0.1, -0.05) is 138 Å². The maximum atomic E-state index is 14.1. The number of ketones is 1. The monoisotopic (exact) mass is 656 g/mol. The maximum absolute atomic E-state index is 14.1. The van der Waals surface area contributed by atoms with Crippen molar-refractivity contribution < 1.29 is 9.59 Å². The Hall–Kier alpha value is -5.88. The van der Waals surface area contributed by atoms with Crippen molar-refractivity contribution in [1.82, 2.24) is 9.78 Å². The summed E-state index contributed by atoms with van der Waals surface area (Å²) in [6, 6.07) is 42.2. The van der Waals surface area contributed by atoms with E-state index >= 15 is 0 Å². The fraction of sp³-hybridized carbons (Fsp3) is 0.182. The number of carbonyl (C=O) groups excluding carboxylic acids is 2. The molecule has 0 unspecified atom stereocenters. The third-order valence-corrected chi connectivity index (χ3v) is 9.72. The van der Waals surface area contributed by atoms with Gasteiger partial charge in [-0.2, -0.15) is 5.10 Å². The van der Waals surface area contributed by atoms with Crippen LogP contribution in [0.1, 0.15) is 78.0 Å². The highest BCUT2D eigenvalue weighted by atomic mass is 16.1. The van der Waals surface area contributed by atoms with Gasteiger partial charge in [-0.15, -0.1) is 0 Å². The van der Waals surface area contributed by atoms with Crippen molar-refractivity contribution in [1.29, 1.82) is 0 Å². The van der Waals surface area contributed by atoms with Crippen molar-refractivity contribution >= 4 is 28.9 Å². The number of hydrogen-bond donors (Lipinski definition) is 1. The number of benzene rings is 5. The molecular formula is C44H40N4O2. The third-order valence-electron chi connectivity index (χ3n) is 9.72. The van der Waals surface area contributed by atoms with E-state index in [-0.39, 0.29) is 36.0 Å². The highest BCUT2D eigenvalue weighted by Gasteiger charge is 2.43. The topological polar surface area (TPSA) is 76.3 Å². The summed E-state index contributed by atoms with van der Waals surface area (Å²) in [5, 5.41) is 8.02. The summed E-state index contributed by atoms with van der Waals surface area (Å²) in [6.45, 7) is 8.16. The van der Waals surface area contributed by atoms with E-state index in [2.05, 4.69) is 85.9 Å². The molecule has 1 aliphatic heterocycles. The molecule has 0 radical (unpaired) electrons. The molecule has 3 atom stereocenters. The van der Waals surface area contributed by atoms with Crippen molar-refractivity contribution in [2.45, 2.75) is 46.1 Å². The van der Waals surface area contributed by atoms with Crippen LogP contribution in [0, 0.1) is 33.6 Å². The number of rotatable bonds is 9. The zero-order chi connectivity index (χ0) is 34.8. The fourth-order valence-electron chi connectivity index (χ4n) is 7.06. The van der Waals surface area contributed by atoms with Gasteiger partial charge in [0.25, 0.3) is 5.91 Å². The molecule has 0 bridgehead atoms. The molecule has 0 saturated heterocycles. The third kappa shape index (κ3) is 6.57. The summed E-state index contributed by atoms with van der Waals surface area (Å²) < 4.78 is 1.90. The predicted molar refractivity (Wildman–Crippen MR) is 201 cm³/mol. The molecule has 6 nitrogen and oxygen atoms in total. The summed E-state index contributed by atoms with van der Waals surface area (Å²) >= 11 is 0. The number of nitrogens with zero attached hydrogens (tertiary/aromatic N) is 3. The quantitative estimate of drug-likeness (QED) is 0.157. The van der Waals surface area contributed by atoms with Crippen LogP contribution in [-0.4, -0.2) is 27.2 Å². The average Bonchev–Trinajstić information content (AvgIpc) is 3.56. The standard InChI is InChI=1S/C44H40N4O2/c1-28-15-20-32(21-16-28)36(26-39(49)33-11-7-5-8-12-33)40-41(34-13-9-6-10-14-34)47-43-37(44(50)46-38-24-19-30(3)25-31(38)4)27-45-48(43)42(40)35-22-17-29(2)18-23-35/h5-25,27,36,40,42H,26H2,1-4H3,(H,46,50)/t36-,40+,42+/m0/s1. The zero-order valence-electron chi connectivity index (χ0n) is 28.8. The molecule has 6 aromatic rings. The first-order valence-corrected chi connectivity index (χ1v) is 17.1. The Morgan fingerprint density at radius 1 is 0.740 bits per heavy atom. The zero-order valence-corrected chi connectivity index (χ0v) is 28.8. The SMILES string of the molecule is Cc1ccc([C@@H]2[C@H]([C@@H](CC(=O)c3ccccc3)c3ccc(C)cc3)C(c3ccccc3)=Nc3c(C(=O)Nc4ccc(C)cc4C)cnn32)cc1. The summed E-state index contributed by atoms with van der Waals surface area (Å²) in [4.78, 5) is 33.5. The van der Waals surface area contributed by atoms with Gasteiger partial charge in [0.05, 0.1) is 18.0 Å². The van der Waals surface area contributed by atoms with Crippen molar-refractivity contribution in [3.05, 3.63) is 184 Å². The summed E-state index contributed by atoms with van der Waals surface area (Å²) in [5.41, 5.74) is 10.0. The number of aliphatic imine (C=N–C) groups is 1. The molecule has 6 heteroatoms. The first kappa shape index (κ1) is 32.7. The van der Waals surface area contributed by atoms with Gasteiger partial charge in [0, 0.05) is 29.5 Å².